The molecule has 0 radical (unpaired) electrons. The monoisotopic (exact) mass is 287 g/mol. The maximum absolute atomic E-state index is 5.40. The average molecular weight is 287 g/mol. The molecule has 21 heavy (non-hydrogen) atoms. The molecule has 0 aliphatic rings. The van der Waals surface area contributed by atoms with Crippen molar-refractivity contribution in [2.24, 2.45) is 0 Å². The number of ether oxygens (including phenoxy) is 1. The predicted molar refractivity (Wildman–Crippen MR) is 83.7 cm³/mol. The van der Waals surface area contributed by atoms with Crippen LogP contribution < -0.4 is 15.4 Å². The first-order valence-corrected chi connectivity index (χ1v) is 7.09. The first-order valence-electron chi connectivity index (χ1n) is 7.09. The van der Waals surface area contributed by atoms with Gasteiger partial charge in [-0.05, 0) is 25.0 Å². The number of pyridine rings is 1. The summed E-state index contributed by atoms with van der Waals surface area (Å²) >= 11 is 0. The molecule has 6 heteroatoms. The van der Waals surface area contributed by atoms with Gasteiger partial charge < -0.3 is 15.4 Å². The number of aryl methyl sites for hydroxylation is 1. The average Bonchev–Trinajstić information content (AvgIpc) is 2.53. The van der Waals surface area contributed by atoms with Crippen LogP contribution in [-0.2, 0) is 13.0 Å². The SMILES string of the molecule is CCNc1ncnc(NCc2ncccc2CC)c1OC. The van der Waals surface area contributed by atoms with Gasteiger partial charge in [-0.15, -0.1) is 0 Å². The summed E-state index contributed by atoms with van der Waals surface area (Å²) in [5.74, 6) is 1.97. The molecule has 0 saturated heterocycles. The lowest BCUT2D eigenvalue weighted by Gasteiger charge is -2.14. The maximum atomic E-state index is 5.40. The molecule has 0 atom stereocenters. The van der Waals surface area contributed by atoms with E-state index in [-0.39, 0.29) is 0 Å². The molecule has 0 aliphatic heterocycles. The fourth-order valence-electron chi connectivity index (χ4n) is 2.11. The number of nitrogens with zero attached hydrogens (tertiary/aromatic N) is 3. The van der Waals surface area contributed by atoms with Gasteiger partial charge in [0, 0.05) is 12.7 Å². The van der Waals surface area contributed by atoms with Gasteiger partial charge in [0.25, 0.3) is 0 Å². The largest absolute Gasteiger partial charge is 0.490 e. The van der Waals surface area contributed by atoms with E-state index in [0.717, 1.165) is 18.7 Å². The van der Waals surface area contributed by atoms with Crippen molar-refractivity contribution in [2.45, 2.75) is 26.8 Å². The van der Waals surface area contributed by atoms with Gasteiger partial charge in [-0.25, -0.2) is 9.97 Å². The zero-order chi connectivity index (χ0) is 15.1. The van der Waals surface area contributed by atoms with Crippen LogP contribution in [0.5, 0.6) is 5.75 Å². The summed E-state index contributed by atoms with van der Waals surface area (Å²) in [6.45, 7) is 5.50. The summed E-state index contributed by atoms with van der Waals surface area (Å²) in [6, 6.07) is 4.04. The molecule has 0 aliphatic carbocycles. The molecule has 2 rings (SSSR count). The van der Waals surface area contributed by atoms with Crippen LogP contribution in [0.1, 0.15) is 25.1 Å². The zero-order valence-electron chi connectivity index (χ0n) is 12.7. The van der Waals surface area contributed by atoms with Gasteiger partial charge in [-0.3, -0.25) is 4.98 Å². The maximum Gasteiger partial charge on any atom is 0.204 e. The number of anilines is 2. The fourth-order valence-corrected chi connectivity index (χ4v) is 2.11. The minimum atomic E-state index is 0.600. The highest BCUT2D eigenvalue weighted by Crippen LogP contribution is 2.29. The lowest BCUT2D eigenvalue weighted by molar-refractivity contribution is 0.414. The Balaban J connectivity index is 2.18. The van der Waals surface area contributed by atoms with E-state index in [1.807, 2.05) is 13.0 Å². The third kappa shape index (κ3) is 3.59. The molecule has 0 bridgehead atoms. The second kappa shape index (κ2) is 7.42. The summed E-state index contributed by atoms with van der Waals surface area (Å²) in [7, 11) is 1.61. The van der Waals surface area contributed by atoms with Crippen LogP contribution in [0.2, 0.25) is 0 Å². The van der Waals surface area contributed by atoms with E-state index in [0.29, 0.717) is 23.9 Å². The number of hydrogen-bond donors (Lipinski definition) is 2. The highest BCUT2D eigenvalue weighted by Gasteiger charge is 2.12. The standard InChI is InChI=1S/C15H21N5O/c1-4-11-7-6-8-17-12(11)9-18-15-13(21-3)14(16-5-2)19-10-20-15/h6-8,10H,4-5,9H2,1-3H3,(H2,16,18,19,20). The summed E-state index contributed by atoms with van der Waals surface area (Å²) < 4.78 is 5.40. The van der Waals surface area contributed by atoms with Crippen LogP contribution in [0.4, 0.5) is 11.6 Å². The van der Waals surface area contributed by atoms with Gasteiger partial charge in [0.15, 0.2) is 11.6 Å². The number of hydrogen-bond acceptors (Lipinski definition) is 6. The van der Waals surface area contributed by atoms with E-state index in [9.17, 15) is 0 Å². The molecule has 2 heterocycles. The lowest BCUT2D eigenvalue weighted by Crippen LogP contribution is -2.10. The summed E-state index contributed by atoms with van der Waals surface area (Å²) in [4.78, 5) is 12.9. The molecule has 0 spiro atoms. The van der Waals surface area contributed by atoms with Crippen molar-refractivity contribution in [2.75, 3.05) is 24.3 Å². The molecule has 0 fully saturated rings. The Labute approximate surface area is 125 Å². The normalized spacial score (nSPS) is 10.2. The molecular formula is C15H21N5O. The summed E-state index contributed by atoms with van der Waals surface area (Å²) in [6.07, 6.45) is 4.27. The minimum Gasteiger partial charge on any atom is -0.490 e. The van der Waals surface area contributed by atoms with E-state index >= 15 is 0 Å². The van der Waals surface area contributed by atoms with Crippen molar-refractivity contribution in [3.8, 4) is 5.75 Å². The van der Waals surface area contributed by atoms with Crippen LogP contribution in [0.3, 0.4) is 0 Å². The van der Waals surface area contributed by atoms with Gasteiger partial charge in [0.2, 0.25) is 5.75 Å². The van der Waals surface area contributed by atoms with Gasteiger partial charge in [0.1, 0.15) is 6.33 Å². The van der Waals surface area contributed by atoms with E-state index in [4.69, 9.17) is 4.74 Å². The predicted octanol–water partition coefficient (Wildman–Crippen LogP) is 2.49. The first kappa shape index (κ1) is 15.0. The molecule has 0 aromatic carbocycles. The molecule has 0 amide bonds. The van der Waals surface area contributed by atoms with Crippen LogP contribution in [0, 0.1) is 0 Å². The van der Waals surface area contributed by atoms with E-state index in [1.165, 1.54) is 11.9 Å². The van der Waals surface area contributed by atoms with Gasteiger partial charge in [0.05, 0.1) is 19.3 Å². The van der Waals surface area contributed by atoms with E-state index in [1.54, 1.807) is 13.3 Å². The Hall–Kier alpha value is -2.37. The third-order valence-electron chi connectivity index (χ3n) is 3.14. The number of nitrogens with one attached hydrogen (secondary N) is 2. The first-order chi connectivity index (χ1) is 10.3. The molecular weight excluding hydrogens is 266 g/mol. The van der Waals surface area contributed by atoms with Crippen molar-refractivity contribution in [1.82, 2.24) is 15.0 Å². The number of rotatable bonds is 7. The number of aromatic nitrogens is 3. The minimum absolute atomic E-state index is 0.600. The highest BCUT2D eigenvalue weighted by molar-refractivity contribution is 5.63. The fraction of sp³-hybridized carbons (Fsp3) is 0.400. The molecule has 2 aromatic rings. The van der Waals surface area contributed by atoms with Crippen LogP contribution in [0.25, 0.3) is 0 Å². The van der Waals surface area contributed by atoms with Crippen molar-refractivity contribution in [1.29, 1.82) is 0 Å². The lowest BCUT2D eigenvalue weighted by atomic mass is 10.1. The van der Waals surface area contributed by atoms with E-state index in [2.05, 4.69) is 38.6 Å². The van der Waals surface area contributed by atoms with Gasteiger partial charge >= 0.3 is 0 Å². The molecule has 6 nitrogen and oxygen atoms in total. The Kier molecular flexibility index (Phi) is 5.31. The van der Waals surface area contributed by atoms with Crippen molar-refractivity contribution in [3.05, 3.63) is 35.9 Å². The second-order valence-electron chi connectivity index (χ2n) is 4.45. The van der Waals surface area contributed by atoms with Crippen LogP contribution in [-0.4, -0.2) is 28.6 Å². The van der Waals surface area contributed by atoms with Crippen molar-refractivity contribution < 1.29 is 4.74 Å². The Morgan fingerprint density at radius 1 is 1.10 bits per heavy atom. The van der Waals surface area contributed by atoms with Gasteiger partial charge in [-0.2, -0.15) is 0 Å². The molecule has 0 saturated carbocycles. The number of methoxy groups -OCH3 is 1. The second-order valence-corrected chi connectivity index (χ2v) is 4.45. The quantitative estimate of drug-likeness (QED) is 0.815. The summed E-state index contributed by atoms with van der Waals surface area (Å²) in [5.41, 5.74) is 2.25. The summed E-state index contributed by atoms with van der Waals surface area (Å²) in [5, 5.41) is 6.43. The molecule has 2 N–H and O–H groups in total. The Morgan fingerprint density at radius 2 is 1.86 bits per heavy atom. The Morgan fingerprint density at radius 3 is 2.52 bits per heavy atom. The van der Waals surface area contributed by atoms with Crippen LogP contribution >= 0.6 is 0 Å². The van der Waals surface area contributed by atoms with Crippen molar-refractivity contribution in [3.63, 3.8) is 0 Å². The molecule has 0 unspecified atom stereocenters. The van der Waals surface area contributed by atoms with Crippen molar-refractivity contribution >= 4 is 11.6 Å². The Bertz CT molecular complexity index is 588. The van der Waals surface area contributed by atoms with Crippen LogP contribution in [0.15, 0.2) is 24.7 Å². The molecule has 112 valence electrons. The third-order valence-corrected chi connectivity index (χ3v) is 3.14. The topological polar surface area (TPSA) is 72.0 Å². The van der Waals surface area contributed by atoms with Gasteiger partial charge in [-0.1, -0.05) is 13.0 Å². The zero-order valence-corrected chi connectivity index (χ0v) is 12.7. The molecule has 2 aromatic heterocycles. The van der Waals surface area contributed by atoms with E-state index < -0.39 is 0 Å². The smallest absolute Gasteiger partial charge is 0.204 e. The highest BCUT2D eigenvalue weighted by atomic mass is 16.5.